The summed E-state index contributed by atoms with van der Waals surface area (Å²) < 4.78 is 12.8. The Hall–Kier alpha value is -1.86. The van der Waals surface area contributed by atoms with Crippen LogP contribution in [0.1, 0.15) is 19.8 Å². The third-order valence-corrected chi connectivity index (χ3v) is 4.02. The molecule has 1 saturated heterocycles. The van der Waals surface area contributed by atoms with E-state index in [1.807, 2.05) is 6.92 Å². The fourth-order valence-electron chi connectivity index (χ4n) is 2.54. The maximum absolute atomic E-state index is 12.8. The van der Waals surface area contributed by atoms with Gasteiger partial charge >= 0.3 is 6.03 Å². The lowest BCUT2D eigenvalue weighted by atomic mass is 10.0. The largest absolute Gasteiger partial charge is 0.342 e. The summed E-state index contributed by atoms with van der Waals surface area (Å²) in [4.78, 5) is 25.8. The van der Waals surface area contributed by atoms with Crippen LogP contribution in [0.2, 0.25) is 0 Å². The number of urea groups is 1. The van der Waals surface area contributed by atoms with Crippen LogP contribution in [0.4, 0.5) is 14.9 Å². The molecule has 0 aromatic heterocycles. The second kappa shape index (κ2) is 9.44. The molecule has 3 amide bonds. The number of amides is 3. The second-order valence-electron chi connectivity index (χ2n) is 5.84. The van der Waals surface area contributed by atoms with E-state index in [0.29, 0.717) is 38.2 Å². The third-order valence-electron chi connectivity index (χ3n) is 4.02. The summed E-state index contributed by atoms with van der Waals surface area (Å²) in [6.45, 7) is 3.40. The molecule has 6 nitrogen and oxygen atoms in total. The summed E-state index contributed by atoms with van der Waals surface area (Å²) in [5.74, 6) is -0.442. The standard InChI is InChI=1S/C16H23FN4O2.ClH/c1-11(10-18)15(22)21-8-6-14(7-9-21)20-16(23)19-13-4-2-12(17)3-5-13;/h2-5,11,14H,6-10,18H2,1H3,(H2,19,20,23);1H. The number of nitrogens with zero attached hydrogens (tertiary/aromatic N) is 1. The Bertz CT molecular complexity index is 548. The predicted molar refractivity (Wildman–Crippen MR) is 93.6 cm³/mol. The zero-order valence-electron chi connectivity index (χ0n) is 13.6. The van der Waals surface area contributed by atoms with Crippen molar-refractivity contribution in [1.29, 1.82) is 0 Å². The molecule has 1 aliphatic rings. The molecule has 1 unspecified atom stereocenters. The SMILES string of the molecule is CC(CN)C(=O)N1CCC(NC(=O)Nc2ccc(F)cc2)CC1.Cl. The van der Waals surface area contributed by atoms with E-state index in [-0.39, 0.29) is 42.1 Å². The van der Waals surface area contributed by atoms with Crippen LogP contribution in [-0.4, -0.2) is 42.5 Å². The second-order valence-corrected chi connectivity index (χ2v) is 5.84. The number of halogens is 2. The highest BCUT2D eigenvalue weighted by Gasteiger charge is 2.26. The summed E-state index contributed by atoms with van der Waals surface area (Å²) in [7, 11) is 0. The van der Waals surface area contributed by atoms with Gasteiger partial charge in [0.05, 0.1) is 0 Å². The van der Waals surface area contributed by atoms with Crippen LogP contribution in [0.3, 0.4) is 0 Å². The van der Waals surface area contributed by atoms with Crippen molar-refractivity contribution in [2.45, 2.75) is 25.8 Å². The lowest BCUT2D eigenvalue weighted by Crippen LogP contribution is -2.49. The Morgan fingerprint density at radius 2 is 1.88 bits per heavy atom. The van der Waals surface area contributed by atoms with Gasteiger partial charge in [0.1, 0.15) is 5.82 Å². The van der Waals surface area contributed by atoms with Crippen molar-refractivity contribution >= 4 is 30.0 Å². The molecular weight excluding hydrogens is 335 g/mol. The van der Waals surface area contributed by atoms with Crippen LogP contribution in [0, 0.1) is 11.7 Å². The summed E-state index contributed by atoms with van der Waals surface area (Å²) >= 11 is 0. The molecule has 1 atom stereocenters. The molecule has 1 aromatic carbocycles. The van der Waals surface area contributed by atoms with Crippen molar-refractivity contribution in [2.24, 2.45) is 11.7 Å². The minimum atomic E-state index is -0.347. The highest BCUT2D eigenvalue weighted by Crippen LogP contribution is 2.14. The number of carbonyl (C=O) groups is 2. The molecule has 1 heterocycles. The Morgan fingerprint density at radius 1 is 1.29 bits per heavy atom. The van der Waals surface area contributed by atoms with Gasteiger partial charge in [-0.2, -0.15) is 0 Å². The number of likely N-dealkylation sites (tertiary alicyclic amines) is 1. The normalized spacial score (nSPS) is 16.0. The Kier molecular flexibility index (Phi) is 7.94. The molecule has 0 radical (unpaired) electrons. The first kappa shape index (κ1) is 20.2. The van der Waals surface area contributed by atoms with E-state index < -0.39 is 0 Å². The Labute approximate surface area is 147 Å². The minimum Gasteiger partial charge on any atom is -0.342 e. The van der Waals surface area contributed by atoms with E-state index in [1.54, 1.807) is 4.90 Å². The topological polar surface area (TPSA) is 87.5 Å². The maximum Gasteiger partial charge on any atom is 0.319 e. The average molecular weight is 359 g/mol. The van der Waals surface area contributed by atoms with Gasteiger partial charge in [-0.15, -0.1) is 12.4 Å². The van der Waals surface area contributed by atoms with Crippen LogP contribution in [0.5, 0.6) is 0 Å². The molecule has 134 valence electrons. The van der Waals surface area contributed by atoms with E-state index in [4.69, 9.17) is 5.73 Å². The van der Waals surface area contributed by atoms with Gasteiger partial charge in [-0.25, -0.2) is 9.18 Å². The fourth-order valence-corrected chi connectivity index (χ4v) is 2.54. The monoisotopic (exact) mass is 358 g/mol. The predicted octanol–water partition coefficient (Wildman–Crippen LogP) is 1.95. The van der Waals surface area contributed by atoms with Crippen LogP contribution in [-0.2, 0) is 4.79 Å². The van der Waals surface area contributed by atoms with Crippen molar-refractivity contribution < 1.29 is 14.0 Å². The average Bonchev–Trinajstić information content (AvgIpc) is 2.56. The molecule has 2 rings (SSSR count). The van der Waals surface area contributed by atoms with Crippen molar-refractivity contribution in [3.8, 4) is 0 Å². The fraction of sp³-hybridized carbons (Fsp3) is 0.500. The van der Waals surface area contributed by atoms with E-state index in [0.717, 1.165) is 0 Å². The first-order valence-electron chi connectivity index (χ1n) is 7.81. The summed E-state index contributed by atoms with van der Waals surface area (Å²) in [6, 6.07) is 5.29. The molecule has 8 heteroatoms. The highest BCUT2D eigenvalue weighted by atomic mass is 35.5. The lowest BCUT2D eigenvalue weighted by Gasteiger charge is -2.33. The number of hydrogen-bond acceptors (Lipinski definition) is 3. The van der Waals surface area contributed by atoms with Gasteiger partial charge in [-0.3, -0.25) is 4.79 Å². The Morgan fingerprint density at radius 3 is 2.42 bits per heavy atom. The molecule has 0 bridgehead atoms. The van der Waals surface area contributed by atoms with E-state index in [1.165, 1.54) is 24.3 Å². The van der Waals surface area contributed by atoms with Gasteiger partial charge in [0.25, 0.3) is 0 Å². The van der Waals surface area contributed by atoms with E-state index >= 15 is 0 Å². The summed E-state index contributed by atoms with van der Waals surface area (Å²) in [5.41, 5.74) is 6.05. The first-order chi connectivity index (χ1) is 11.0. The number of anilines is 1. The van der Waals surface area contributed by atoms with Gasteiger partial charge in [0, 0.05) is 37.3 Å². The van der Waals surface area contributed by atoms with E-state index in [9.17, 15) is 14.0 Å². The van der Waals surface area contributed by atoms with Crippen molar-refractivity contribution in [1.82, 2.24) is 10.2 Å². The summed E-state index contributed by atoms with van der Waals surface area (Å²) in [5, 5.41) is 5.54. The number of carbonyl (C=O) groups excluding carboxylic acids is 2. The first-order valence-corrected chi connectivity index (χ1v) is 7.81. The number of hydrogen-bond donors (Lipinski definition) is 3. The van der Waals surface area contributed by atoms with Crippen molar-refractivity contribution in [2.75, 3.05) is 25.0 Å². The van der Waals surface area contributed by atoms with Crippen LogP contribution < -0.4 is 16.4 Å². The molecule has 4 N–H and O–H groups in total. The van der Waals surface area contributed by atoms with E-state index in [2.05, 4.69) is 10.6 Å². The minimum absolute atomic E-state index is 0. The number of rotatable bonds is 4. The molecule has 1 fully saturated rings. The molecule has 24 heavy (non-hydrogen) atoms. The number of nitrogens with one attached hydrogen (secondary N) is 2. The third kappa shape index (κ3) is 5.65. The number of nitrogens with two attached hydrogens (primary N) is 1. The van der Waals surface area contributed by atoms with Gasteiger partial charge < -0.3 is 21.3 Å². The highest BCUT2D eigenvalue weighted by molar-refractivity contribution is 5.89. The van der Waals surface area contributed by atoms with Gasteiger partial charge in [0.15, 0.2) is 0 Å². The van der Waals surface area contributed by atoms with Crippen LogP contribution in [0.25, 0.3) is 0 Å². The smallest absolute Gasteiger partial charge is 0.319 e. The van der Waals surface area contributed by atoms with Crippen molar-refractivity contribution in [3.05, 3.63) is 30.1 Å². The van der Waals surface area contributed by atoms with Gasteiger partial charge in [0.2, 0.25) is 5.91 Å². The molecule has 0 spiro atoms. The zero-order chi connectivity index (χ0) is 16.8. The summed E-state index contributed by atoms with van der Waals surface area (Å²) in [6.07, 6.45) is 1.42. The van der Waals surface area contributed by atoms with Crippen molar-refractivity contribution in [3.63, 3.8) is 0 Å². The van der Waals surface area contributed by atoms with Gasteiger partial charge in [-0.1, -0.05) is 6.92 Å². The lowest BCUT2D eigenvalue weighted by molar-refractivity contribution is -0.135. The molecule has 1 aromatic rings. The molecular formula is C16H24ClFN4O2. The Balaban J connectivity index is 0.00000288. The van der Waals surface area contributed by atoms with Gasteiger partial charge in [-0.05, 0) is 37.1 Å². The molecule has 0 saturated carbocycles. The van der Waals surface area contributed by atoms with Crippen LogP contribution >= 0.6 is 12.4 Å². The molecule has 0 aliphatic carbocycles. The zero-order valence-corrected chi connectivity index (χ0v) is 14.4. The number of benzene rings is 1. The molecule has 1 aliphatic heterocycles. The maximum atomic E-state index is 12.8. The quantitative estimate of drug-likeness (QED) is 0.768. The van der Waals surface area contributed by atoms with Crippen LogP contribution in [0.15, 0.2) is 24.3 Å². The number of piperidine rings is 1.